The highest BCUT2D eigenvalue weighted by Crippen LogP contribution is 2.41. The van der Waals surface area contributed by atoms with E-state index in [2.05, 4.69) is 0 Å². The zero-order chi connectivity index (χ0) is 22.2. The van der Waals surface area contributed by atoms with E-state index in [1.165, 1.54) is 0 Å². The maximum Gasteiger partial charge on any atom is 0.231 e. The first-order chi connectivity index (χ1) is 15.5. The van der Waals surface area contributed by atoms with Crippen LogP contribution in [0.3, 0.4) is 0 Å². The highest BCUT2D eigenvalue weighted by Gasteiger charge is 2.31. The van der Waals surface area contributed by atoms with Gasteiger partial charge in [0.1, 0.15) is 23.9 Å². The monoisotopic (exact) mass is 468 g/mol. The molecule has 2 aliphatic rings. The first-order valence-electron chi connectivity index (χ1n) is 9.97. The van der Waals surface area contributed by atoms with Gasteiger partial charge >= 0.3 is 0 Å². The molecule has 0 saturated heterocycles. The largest absolute Gasteiger partial charge is 0.488 e. The molecule has 0 amide bonds. The van der Waals surface area contributed by atoms with E-state index in [4.69, 9.17) is 42.1 Å². The van der Waals surface area contributed by atoms with Gasteiger partial charge in [0, 0.05) is 26.7 Å². The molecule has 3 aromatic rings. The third-order valence-electron chi connectivity index (χ3n) is 5.33. The van der Waals surface area contributed by atoms with Crippen molar-refractivity contribution in [3.05, 3.63) is 92.2 Å². The van der Waals surface area contributed by atoms with Crippen molar-refractivity contribution in [1.82, 2.24) is 0 Å². The molecule has 2 heterocycles. The van der Waals surface area contributed by atoms with Gasteiger partial charge in [-0.3, -0.25) is 4.79 Å². The number of hydrogen-bond donors (Lipinski definition) is 0. The van der Waals surface area contributed by atoms with E-state index in [1.807, 2.05) is 31.2 Å². The van der Waals surface area contributed by atoms with Gasteiger partial charge in [-0.05, 0) is 55.0 Å². The Hall–Kier alpha value is -2.99. The van der Waals surface area contributed by atoms with Crippen LogP contribution in [-0.2, 0) is 18.0 Å². The summed E-state index contributed by atoms with van der Waals surface area (Å²) in [5, 5.41) is 1.20. The standard InChI is InChI=1S/C25H18Cl2O5/c1-14-21(30-11-15-2-4-18(26)5-3-15)7-6-20-23(28)22(32-24(14)20)10-16-8-19(27)9-17-12-29-13-31-25(16)17/h2-10H,11-13H2,1H3/b22-10-. The minimum absolute atomic E-state index is 0.146. The van der Waals surface area contributed by atoms with Crippen molar-refractivity contribution in [2.24, 2.45) is 0 Å². The van der Waals surface area contributed by atoms with Crippen molar-refractivity contribution in [2.45, 2.75) is 20.1 Å². The minimum Gasteiger partial charge on any atom is -0.488 e. The fourth-order valence-electron chi connectivity index (χ4n) is 3.72. The van der Waals surface area contributed by atoms with Crippen LogP contribution in [0.5, 0.6) is 17.2 Å². The third-order valence-corrected chi connectivity index (χ3v) is 5.80. The van der Waals surface area contributed by atoms with Crippen molar-refractivity contribution in [1.29, 1.82) is 0 Å². The van der Waals surface area contributed by atoms with Gasteiger partial charge < -0.3 is 18.9 Å². The number of rotatable bonds is 4. The van der Waals surface area contributed by atoms with E-state index in [0.717, 1.165) is 16.7 Å². The molecule has 3 aromatic carbocycles. The summed E-state index contributed by atoms with van der Waals surface area (Å²) in [6.45, 7) is 2.79. The molecule has 2 aliphatic heterocycles. The molecule has 0 bridgehead atoms. The molecule has 0 aliphatic carbocycles. The van der Waals surface area contributed by atoms with E-state index in [9.17, 15) is 4.79 Å². The first-order valence-corrected chi connectivity index (χ1v) is 10.7. The summed E-state index contributed by atoms with van der Waals surface area (Å²) < 4.78 is 22.9. The van der Waals surface area contributed by atoms with Gasteiger partial charge in [-0.2, -0.15) is 0 Å². The lowest BCUT2D eigenvalue weighted by molar-refractivity contribution is -0.0165. The van der Waals surface area contributed by atoms with Gasteiger partial charge in [0.2, 0.25) is 5.78 Å². The van der Waals surface area contributed by atoms with Crippen LogP contribution in [-0.4, -0.2) is 12.6 Å². The Kier molecular flexibility index (Phi) is 5.55. The number of Topliss-reactive ketones (excluding diaryl/α,β-unsaturated/α-hetero) is 1. The molecule has 0 unspecified atom stereocenters. The Balaban J connectivity index is 1.42. The Bertz CT molecular complexity index is 1250. The van der Waals surface area contributed by atoms with Crippen LogP contribution in [0.4, 0.5) is 0 Å². The van der Waals surface area contributed by atoms with Crippen molar-refractivity contribution in [3.63, 3.8) is 0 Å². The van der Waals surface area contributed by atoms with E-state index < -0.39 is 0 Å². The number of ketones is 1. The Labute approximate surface area is 195 Å². The molecule has 0 atom stereocenters. The summed E-state index contributed by atoms with van der Waals surface area (Å²) in [4.78, 5) is 13.0. The average Bonchev–Trinajstić information content (AvgIpc) is 3.10. The minimum atomic E-state index is -0.201. The van der Waals surface area contributed by atoms with Crippen molar-refractivity contribution in [3.8, 4) is 17.2 Å². The SMILES string of the molecule is Cc1c(OCc2ccc(Cl)cc2)ccc2c1O/C(=C\c1cc(Cl)cc3c1OCOC3)C2=O. The lowest BCUT2D eigenvalue weighted by atomic mass is 10.0. The van der Waals surface area contributed by atoms with Gasteiger partial charge in [0.25, 0.3) is 0 Å². The van der Waals surface area contributed by atoms with Gasteiger partial charge in [0.05, 0.1) is 12.2 Å². The third kappa shape index (κ3) is 3.95. The molecule has 5 rings (SSSR count). The number of carbonyl (C=O) groups excluding carboxylic acids is 1. The summed E-state index contributed by atoms with van der Waals surface area (Å²) in [7, 11) is 0. The summed E-state index contributed by atoms with van der Waals surface area (Å²) in [5.41, 5.74) is 3.73. The van der Waals surface area contributed by atoms with Crippen LogP contribution in [0.25, 0.3) is 6.08 Å². The number of carbonyl (C=O) groups is 1. The van der Waals surface area contributed by atoms with E-state index in [-0.39, 0.29) is 18.3 Å². The summed E-state index contributed by atoms with van der Waals surface area (Å²) in [6.07, 6.45) is 1.66. The normalized spacial score (nSPS) is 15.7. The summed E-state index contributed by atoms with van der Waals surface area (Å²) in [5.74, 6) is 1.79. The number of fused-ring (bicyclic) bond motifs is 2. The second-order valence-electron chi connectivity index (χ2n) is 7.51. The first kappa shape index (κ1) is 20.9. The van der Waals surface area contributed by atoms with Gasteiger partial charge in [-0.15, -0.1) is 0 Å². The highest BCUT2D eigenvalue weighted by atomic mass is 35.5. The predicted molar refractivity (Wildman–Crippen MR) is 122 cm³/mol. The molecule has 7 heteroatoms. The molecule has 0 saturated carbocycles. The quantitative estimate of drug-likeness (QED) is 0.416. The van der Waals surface area contributed by atoms with Crippen molar-refractivity contribution >= 4 is 35.1 Å². The Morgan fingerprint density at radius 2 is 1.84 bits per heavy atom. The van der Waals surface area contributed by atoms with E-state index in [1.54, 1.807) is 30.3 Å². The molecule has 0 aromatic heterocycles. The van der Waals surface area contributed by atoms with Crippen LogP contribution in [0.1, 0.15) is 32.6 Å². The molecule has 162 valence electrons. The molecule has 0 radical (unpaired) electrons. The summed E-state index contributed by atoms with van der Waals surface area (Å²) >= 11 is 12.2. The van der Waals surface area contributed by atoms with Gasteiger partial charge in [-0.1, -0.05) is 35.3 Å². The number of ether oxygens (including phenoxy) is 4. The molecular weight excluding hydrogens is 451 g/mol. The fraction of sp³-hybridized carbons (Fsp3) is 0.160. The molecule has 5 nitrogen and oxygen atoms in total. The lowest BCUT2D eigenvalue weighted by Gasteiger charge is -2.20. The number of allylic oxidation sites excluding steroid dienone is 1. The maximum absolute atomic E-state index is 13.0. The maximum atomic E-state index is 13.0. The van der Waals surface area contributed by atoms with E-state index >= 15 is 0 Å². The molecule has 0 fully saturated rings. The average molecular weight is 469 g/mol. The van der Waals surface area contributed by atoms with Crippen LogP contribution < -0.4 is 14.2 Å². The Morgan fingerprint density at radius 1 is 1.03 bits per heavy atom. The Morgan fingerprint density at radius 3 is 2.66 bits per heavy atom. The van der Waals surface area contributed by atoms with Crippen molar-refractivity contribution < 1.29 is 23.7 Å². The molecular formula is C25H18Cl2O5. The zero-order valence-electron chi connectivity index (χ0n) is 17.1. The second-order valence-corrected chi connectivity index (χ2v) is 8.39. The molecule has 0 N–H and O–H groups in total. The predicted octanol–water partition coefficient (Wildman–Crippen LogP) is 6.36. The number of benzene rings is 3. The fourth-order valence-corrected chi connectivity index (χ4v) is 4.10. The lowest BCUT2D eigenvalue weighted by Crippen LogP contribution is -2.12. The number of halogens is 2. The zero-order valence-corrected chi connectivity index (χ0v) is 18.6. The number of hydrogen-bond acceptors (Lipinski definition) is 5. The van der Waals surface area contributed by atoms with Crippen LogP contribution in [0.2, 0.25) is 10.0 Å². The van der Waals surface area contributed by atoms with Crippen LogP contribution in [0.15, 0.2) is 54.3 Å². The molecule has 32 heavy (non-hydrogen) atoms. The van der Waals surface area contributed by atoms with Crippen molar-refractivity contribution in [2.75, 3.05) is 6.79 Å². The topological polar surface area (TPSA) is 54.0 Å². The van der Waals surface area contributed by atoms with Gasteiger partial charge in [0.15, 0.2) is 12.6 Å². The smallest absolute Gasteiger partial charge is 0.231 e. The van der Waals surface area contributed by atoms with E-state index in [0.29, 0.717) is 51.6 Å². The second kappa shape index (κ2) is 8.51. The highest BCUT2D eigenvalue weighted by molar-refractivity contribution is 6.31. The molecule has 0 spiro atoms. The van der Waals surface area contributed by atoms with Crippen LogP contribution >= 0.6 is 23.2 Å². The summed E-state index contributed by atoms with van der Waals surface area (Å²) in [6, 6.07) is 14.5. The van der Waals surface area contributed by atoms with Crippen LogP contribution in [0, 0.1) is 6.92 Å². The van der Waals surface area contributed by atoms with Gasteiger partial charge in [-0.25, -0.2) is 0 Å².